The van der Waals surface area contributed by atoms with E-state index in [9.17, 15) is 5.11 Å². The summed E-state index contributed by atoms with van der Waals surface area (Å²) in [6.07, 6.45) is 1.11. The Morgan fingerprint density at radius 1 is 1.47 bits per heavy atom. The van der Waals surface area contributed by atoms with Crippen LogP contribution in [0.1, 0.15) is 25.5 Å². The van der Waals surface area contributed by atoms with Gasteiger partial charge in [-0.25, -0.2) is 4.98 Å². The number of hydrogen-bond acceptors (Lipinski definition) is 4. The molecule has 0 radical (unpaired) electrons. The second kappa shape index (κ2) is 5.09. The number of hydrogen-bond donors (Lipinski definition) is 2. The summed E-state index contributed by atoms with van der Waals surface area (Å²) < 4.78 is 0. The maximum Gasteiger partial charge on any atom is 0.123 e. The van der Waals surface area contributed by atoms with Gasteiger partial charge in [-0.2, -0.15) is 0 Å². The van der Waals surface area contributed by atoms with E-state index < -0.39 is 6.10 Å². The Morgan fingerprint density at radius 3 is 2.60 bits per heavy atom. The molecule has 1 atom stereocenters. The van der Waals surface area contributed by atoms with Crippen LogP contribution in [-0.4, -0.2) is 34.6 Å². The fourth-order valence-corrected chi connectivity index (χ4v) is 1.20. The van der Waals surface area contributed by atoms with Gasteiger partial charge in [0.1, 0.15) is 5.82 Å². The molecule has 1 aromatic heterocycles. The molecule has 0 bridgehead atoms. The lowest BCUT2D eigenvalue weighted by Crippen LogP contribution is -2.30. The minimum atomic E-state index is -0.509. The normalized spacial score (nSPS) is 13.5. The predicted octanol–water partition coefficient (Wildman–Crippen LogP) is 1.04. The number of pyridine rings is 1. The van der Waals surface area contributed by atoms with E-state index in [2.05, 4.69) is 23.7 Å². The van der Waals surface area contributed by atoms with E-state index in [0.717, 1.165) is 5.56 Å². The molecule has 0 aliphatic heterocycles. The van der Waals surface area contributed by atoms with Crippen LogP contribution in [0.5, 0.6) is 0 Å². The topological polar surface area (TPSA) is 62.4 Å². The third kappa shape index (κ3) is 3.49. The van der Waals surface area contributed by atoms with Crippen LogP contribution >= 0.6 is 0 Å². The van der Waals surface area contributed by atoms with Crippen molar-refractivity contribution in [2.24, 2.45) is 0 Å². The quantitative estimate of drug-likeness (QED) is 0.777. The summed E-state index contributed by atoms with van der Waals surface area (Å²) >= 11 is 0. The van der Waals surface area contributed by atoms with Gasteiger partial charge in [-0.05, 0) is 27.0 Å². The van der Waals surface area contributed by atoms with Gasteiger partial charge < -0.3 is 15.7 Å². The Balaban J connectivity index is 2.61. The number of rotatable bonds is 4. The molecule has 1 rings (SSSR count). The fraction of sp³-hybridized carbons (Fsp3) is 0.545. The van der Waals surface area contributed by atoms with Crippen molar-refractivity contribution < 1.29 is 5.11 Å². The summed E-state index contributed by atoms with van der Waals surface area (Å²) in [6.45, 7) is 4.78. The molecular weight excluding hydrogens is 190 g/mol. The van der Waals surface area contributed by atoms with E-state index in [1.54, 1.807) is 18.3 Å². The zero-order chi connectivity index (χ0) is 11.4. The average Bonchev–Trinajstić information content (AvgIpc) is 2.18. The zero-order valence-electron chi connectivity index (χ0n) is 9.51. The molecule has 15 heavy (non-hydrogen) atoms. The summed E-state index contributed by atoms with van der Waals surface area (Å²) in [6, 6.07) is 3.93. The first-order valence-corrected chi connectivity index (χ1v) is 5.10. The molecule has 1 heterocycles. The molecule has 4 nitrogen and oxygen atoms in total. The lowest BCUT2D eigenvalue weighted by atomic mass is 10.1. The van der Waals surface area contributed by atoms with Crippen molar-refractivity contribution in [2.75, 3.05) is 19.3 Å². The van der Waals surface area contributed by atoms with Crippen LogP contribution in [0.4, 0.5) is 5.82 Å². The molecule has 4 heteroatoms. The summed E-state index contributed by atoms with van der Waals surface area (Å²) in [5.74, 6) is 0.475. The van der Waals surface area contributed by atoms with Crippen LogP contribution < -0.4 is 5.73 Å². The SMILES string of the molecule is CC(C)N(C)CC(O)c1ccc(N)nc1. The van der Waals surface area contributed by atoms with E-state index in [4.69, 9.17) is 5.73 Å². The van der Waals surface area contributed by atoms with Crippen molar-refractivity contribution in [2.45, 2.75) is 26.0 Å². The Morgan fingerprint density at radius 2 is 2.13 bits per heavy atom. The van der Waals surface area contributed by atoms with Gasteiger partial charge >= 0.3 is 0 Å². The minimum Gasteiger partial charge on any atom is -0.387 e. The highest BCUT2D eigenvalue weighted by Gasteiger charge is 2.12. The third-order valence-corrected chi connectivity index (χ3v) is 2.54. The number of nitrogen functional groups attached to an aromatic ring is 1. The van der Waals surface area contributed by atoms with Gasteiger partial charge in [-0.1, -0.05) is 6.07 Å². The number of anilines is 1. The van der Waals surface area contributed by atoms with Crippen LogP contribution in [0.2, 0.25) is 0 Å². The van der Waals surface area contributed by atoms with Crippen molar-refractivity contribution in [3.8, 4) is 0 Å². The molecule has 0 aliphatic carbocycles. The highest BCUT2D eigenvalue weighted by Crippen LogP contribution is 2.14. The van der Waals surface area contributed by atoms with E-state index >= 15 is 0 Å². The van der Waals surface area contributed by atoms with Crippen LogP contribution in [-0.2, 0) is 0 Å². The molecule has 0 aromatic carbocycles. The Kier molecular flexibility index (Phi) is 4.05. The number of likely N-dealkylation sites (N-methyl/N-ethyl adjacent to an activating group) is 1. The number of nitrogens with two attached hydrogens (primary N) is 1. The van der Waals surface area contributed by atoms with Gasteiger partial charge in [0.2, 0.25) is 0 Å². The van der Waals surface area contributed by atoms with E-state index in [0.29, 0.717) is 18.4 Å². The standard InChI is InChI=1S/C11H19N3O/c1-8(2)14(3)7-10(15)9-4-5-11(12)13-6-9/h4-6,8,10,15H,7H2,1-3H3,(H2,12,13). The van der Waals surface area contributed by atoms with Gasteiger partial charge in [0, 0.05) is 24.3 Å². The molecule has 0 aliphatic rings. The molecule has 3 N–H and O–H groups in total. The molecule has 1 aromatic rings. The molecule has 0 fully saturated rings. The third-order valence-electron chi connectivity index (χ3n) is 2.54. The van der Waals surface area contributed by atoms with Crippen molar-refractivity contribution in [3.05, 3.63) is 23.9 Å². The van der Waals surface area contributed by atoms with E-state index in [1.165, 1.54) is 0 Å². The van der Waals surface area contributed by atoms with Crippen LogP contribution in [0.25, 0.3) is 0 Å². The monoisotopic (exact) mass is 209 g/mol. The first-order valence-electron chi connectivity index (χ1n) is 5.10. The van der Waals surface area contributed by atoms with Gasteiger partial charge in [-0.3, -0.25) is 0 Å². The van der Waals surface area contributed by atoms with Gasteiger partial charge in [-0.15, -0.1) is 0 Å². The molecule has 1 unspecified atom stereocenters. The maximum atomic E-state index is 9.91. The second-order valence-corrected chi connectivity index (χ2v) is 4.07. The molecule has 0 saturated carbocycles. The minimum absolute atomic E-state index is 0.418. The highest BCUT2D eigenvalue weighted by atomic mass is 16.3. The Labute approximate surface area is 90.7 Å². The fourth-order valence-electron chi connectivity index (χ4n) is 1.20. The van der Waals surface area contributed by atoms with Gasteiger partial charge in [0.05, 0.1) is 6.10 Å². The van der Waals surface area contributed by atoms with Gasteiger partial charge in [0.15, 0.2) is 0 Å². The number of aromatic nitrogens is 1. The van der Waals surface area contributed by atoms with Crippen LogP contribution in [0, 0.1) is 0 Å². The second-order valence-electron chi connectivity index (χ2n) is 4.07. The van der Waals surface area contributed by atoms with Crippen molar-refractivity contribution >= 4 is 5.82 Å². The van der Waals surface area contributed by atoms with Crippen LogP contribution in [0.15, 0.2) is 18.3 Å². The average molecular weight is 209 g/mol. The van der Waals surface area contributed by atoms with Crippen molar-refractivity contribution in [3.63, 3.8) is 0 Å². The number of nitrogens with zero attached hydrogens (tertiary/aromatic N) is 2. The van der Waals surface area contributed by atoms with Crippen molar-refractivity contribution in [1.29, 1.82) is 0 Å². The van der Waals surface area contributed by atoms with Crippen LogP contribution in [0.3, 0.4) is 0 Å². The van der Waals surface area contributed by atoms with E-state index in [-0.39, 0.29) is 0 Å². The zero-order valence-corrected chi connectivity index (χ0v) is 9.51. The molecule has 0 spiro atoms. The Bertz CT molecular complexity index is 297. The van der Waals surface area contributed by atoms with Crippen molar-refractivity contribution in [1.82, 2.24) is 9.88 Å². The predicted molar refractivity (Wildman–Crippen MR) is 61.4 cm³/mol. The lowest BCUT2D eigenvalue weighted by molar-refractivity contribution is 0.112. The van der Waals surface area contributed by atoms with E-state index in [1.807, 2.05) is 7.05 Å². The summed E-state index contributed by atoms with van der Waals surface area (Å²) in [4.78, 5) is 6.04. The smallest absolute Gasteiger partial charge is 0.123 e. The Hall–Kier alpha value is -1.13. The summed E-state index contributed by atoms with van der Waals surface area (Å²) in [5.41, 5.74) is 6.28. The highest BCUT2D eigenvalue weighted by molar-refractivity contribution is 5.30. The number of aliphatic hydroxyl groups excluding tert-OH is 1. The summed E-state index contributed by atoms with van der Waals surface area (Å²) in [7, 11) is 1.98. The molecule has 0 saturated heterocycles. The number of aliphatic hydroxyl groups is 1. The lowest BCUT2D eigenvalue weighted by Gasteiger charge is -2.24. The molecule has 84 valence electrons. The largest absolute Gasteiger partial charge is 0.387 e. The molecular formula is C11H19N3O. The molecule has 0 amide bonds. The first kappa shape index (κ1) is 11.9. The maximum absolute atomic E-state index is 9.91. The summed E-state index contributed by atoms with van der Waals surface area (Å²) in [5, 5.41) is 9.91. The first-order chi connectivity index (χ1) is 7.00. The van der Waals surface area contributed by atoms with Gasteiger partial charge in [0.25, 0.3) is 0 Å².